The number of nitrogens with one attached hydrogen (secondary N) is 2. The van der Waals surface area contributed by atoms with Crippen molar-refractivity contribution in [1.82, 2.24) is 4.98 Å². The summed E-state index contributed by atoms with van der Waals surface area (Å²) in [6, 6.07) is 22.6. The van der Waals surface area contributed by atoms with E-state index in [-0.39, 0.29) is 12.5 Å². The molecule has 7 nitrogen and oxygen atoms in total. The second-order valence-electron chi connectivity index (χ2n) is 6.99. The van der Waals surface area contributed by atoms with Crippen molar-refractivity contribution in [3.63, 3.8) is 0 Å². The zero-order valence-corrected chi connectivity index (χ0v) is 20.6. The van der Waals surface area contributed by atoms with Gasteiger partial charge in [0.2, 0.25) is 5.13 Å². The van der Waals surface area contributed by atoms with Crippen molar-refractivity contribution < 1.29 is 14.3 Å². The van der Waals surface area contributed by atoms with Crippen LogP contribution in [0, 0.1) is 0 Å². The minimum Gasteiger partial charge on any atom is -0.495 e. The molecule has 0 saturated carbocycles. The quantitative estimate of drug-likeness (QED) is 0.201. The van der Waals surface area contributed by atoms with Crippen LogP contribution in [0.2, 0.25) is 0 Å². The number of benzene rings is 3. The van der Waals surface area contributed by atoms with Gasteiger partial charge in [0.15, 0.2) is 6.61 Å². The number of rotatable bonds is 9. The van der Waals surface area contributed by atoms with E-state index in [0.29, 0.717) is 27.9 Å². The van der Waals surface area contributed by atoms with Crippen molar-refractivity contribution in [3.05, 3.63) is 88.2 Å². The lowest BCUT2D eigenvalue weighted by Gasteiger charge is -2.12. The average molecular weight is 537 g/mol. The normalized spacial score (nSPS) is 10.8. The van der Waals surface area contributed by atoms with Gasteiger partial charge in [0.25, 0.3) is 5.91 Å². The average Bonchev–Trinajstić information content (AvgIpc) is 3.33. The molecule has 1 heterocycles. The summed E-state index contributed by atoms with van der Waals surface area (Å²) in [4.78, 5) is 17.0. The molecule has 0 spiro atoms. The molecule has 34 heavy (non-hydrogen) atoms. The number of hydrogen-bond donors (Lipinski definition) is 2. The number of carbonyl (C=O) groups excluding carboxylic acids is 1. The highest BCUT2D eigenvalue weighted by Gasteiger charge is 2.10. The molecular weight excluding hydrogens is 516 g/mol. The molecule has 0 unspecified atom stereocenters. The van der Waals surface area contributed by atoms with Crippen LogP contribution in [0.1, 0.15) is 5.56 Å². The number of nitrogens with zero attached hydrogens (tertiary/aromatic N) is 2. The van der Waals surface area contributed by atoms with Gasteiger partial charge < -0.3 is 14.8 Å². The van der Waals surface area contributed by atoms with Crippen molar-refractivity contribution in [1.29, 1.82) is 0 Å². The van der Waals surface area contributed by atoms with Crippen LogP contribution in [-0.2, 0) is 4.79 Å². The topological polar surface area (TPSA) is 84.8 Å². The molecule has 9 heteroatoms. The lowest BCUT2D eigenvalue weighted by molar-refractivity contribution is -0.118. The molecule has 0 aliphatic heterocycles. The molecule has 2 N–H and O–H groups in total. The number of ether oxygens (including phenoxy) is 2. The Balaban J connectivity index is 1.38. The van der Waals surface area contributed by atoms with Crippen LogP contribution < -0.4 is 20.2 Å². The third-order valence-electron chi connectivity index (χ3n) is 4.65. The maximum Gasteiger partial charge on any atom is 0.262 e. The van der Waals surface area contributed by atoms with Crippen LogP contribution in [0.4, 0.5) is 10.8 Å². The van der Waals surface area contributed by atoms with Crippen LogP contribution in [0.5, 0.6) is 11.5 Å². The molecule has 0 bridgehead atoms. The molecule has 0 atom stereocenters. The molecule has 4 aromatic rings. The number of halogens is 1. The predicted octanol–water partition coefficient (Wildman–Crippen LogP) is 6.04. The van der Waals surface area contributed by atoms with Gasteiger partial charge in [0.05, 0.1) is 24.7 Å². The number of methoxy groups -OCH3 is 1. The molecule has 0 saturated heterocycles. The number of anilines is 2. The summed E-state index contributed by atoms with van der Waals surface area (Å²) in [6.07, 6.45) is 1.63. The first kappa shape index (κ1) is 23.5. The van der Waals surface area contributed by atoms with Gasteiger partial charge in [-0.25, -0.2) is 4.98 Å². The van der Waals surface area contributed by atoms with Crippen molar-refractivity contribution in [2.75, 3.05) is 24.5 Å². The van der Waals surface area contributed by atoms with E-state index in [2.05, 4.69) is 36.8 Å². The number of carbonyl (C=O) groups is 1. The number of amides is 1. The Morgan fingerprint density at radius 1 is 1.09 bits per heavy atom. The summed E-state index contributed by atoms with van der Waals surface area (Å²) in [5.41, 5.74) is 6.17. The molecule has 3 aromatic carbocycles. The fraction of sp³-hybridized carbons (Fsp3) is 0.0800. The van der Waals surface area contributed by atoms with Crippen molar-refractivity contribution in [2.24, 2.45) is 5.10 Å². The fourth-order valence-electron chi connectivity index (χ4n) is 3.05. The van der Waals surface area contributed by atoms with E-state index < -0.39 is 0 Å². The number of thiazole rings is 1. The SMILES string of the molecule is COc1ccccc1NC(=O)COc1ccc(Br)cc1C=NNc1nc(-c2ccccc2)cs1. The smallest absolute Gasteiger partial charge is 0.262 e. The Morgan fingerprint density at radius 2 is 1.88 bits per heavy atom. The maximum absolute atomic E-state index is 12.4. The van der Waals surface area contributed by atoms with Gasteiger partial charge in [0, 0.05) is 21.0 Å². The number of aromatic nitrogens is 1. The summed E-state index contributed by atoms with van der Waals surface area (Å²) in [5.74, 6) is 0.800. The highest BCUT2D eigenvalue weighted by molar-refractivity contribution is 9.10. The van der Waals surface area contributed by atoms with Crippen molar-refractivity contribution in [2.45, 2.75) is 0 Å². The molecule has 0 fully saturated rings. The van der Waals surface area contributed by atoms with Gasteiger partial charge in [-0.05, 0) is 30.3 Å². The summed E-state index contributed by atoms with van der Waals surface area (Å²) >= 11 is 4.93. The lowest BCUT2D eigenvalue weighted by atomic mass is 10.2. The molecule has 0 radical (unpaired) electrons. The van der Waals surface area contributed by atoms with Gasteiger partial charge in [0.1, 0.15) is 11.5 Å². The molecule has 1 aromatic heterocycles. The van der Waals surface area contributed by atoms with E-state index in [1.54, 1.807) is 31.5 Å². The molecular formula is C25H21BrN4O3S. The molecule has 0 aliphatic carbocycles. The first-order valence-corrected chi connectivity index (χ1v) is 11.9. The van der Waals surface area contributed by atoms with E-state index in [1.807, 2.05) is 60.0 Å². The Morgan fingerprint density at radius 3 is 2.71 bits per heavy atom. The minimum atomic E-state index is -0.301. The molecule has 1 amide bonds. The largest absolute Gasteiger partial charge is 0.495 e. The first-order valence-electron chi connectivity index (χ1n) is 10.3. The zero-order chi connectivity index (χ0) is 23.8. The molecule has 172 valence electrons. The first-order chi connectivity index (χ1) is 16.6. The lowest BCUT2D eigenvalue weighted by Crippen LogP contribution is -2.20. The van der Waals surface area contributed by atoms with E-state index in [1.165, 1.54) is 11.3 Å². The van der Waals surface area contributed by atoms with Gasteiger partial charge in [-0.3, -0.25) is 10.2 Å². The van der Waals surface area contributed by atoms with Crippen LogP contribution in [0.15, 0.2) is 87.8 Å². The van der Waals surface area contributed by atoms with E-state index >= 15 is 0 Å². The zero-order valence-electron chi connectivity index (χ0n) is 18.2. The number of hydrogen-bond acceptors (Lipinski definition) is 7. The molecule has 4 rings (SSSR count). The summed E-state index contributed by atoms with van der Waals surface area (Å²) in [6.45, 7) is -0.166. The monoisotopic (exact) mass is 536 g/mol. The Bertz CT molecular complexity index is 1290. The highest BCUT2D eigenvalue weighted by atomic mass is 79.9. The van der Waals surface area contributed by atoms with Crippen LogP contribution in [0.3, 0.4) is 0 Å². The van der Waals surface area contributed by atoms with Gasteiger partial charge in [-0.2, -0.15) is 5.10 Å². The summed E-state index contributed by atoms with van der Waals surface area (Å²) in [7, 11) is 1.55. The summed E-state index contributed by atoms with van der Waals surface area (Å²) < 4.78 is 11.9. The Kier molecular flexibility index (Phi) is 7.90. The Hall–Kier alpha value is -3.69. The maximum atomic E-state index is 12.4. The fourth-order valence-corrected chi connectivity index (χ4v) is 4.10. The van der Waals surface area contributed by atoms with E-state index in [4.69, 9.17) is 9.47 Å². The van der Waals surface area contributed by atoms with Crippen LogP contribution in [-0.4, -0.2) is 30.8 Å². The predicted molar refractivity (Wildman–Crippen MR) is 140 cm³/mol. The second-order valence-corrected chi connectivity index (χ2v) is 8.77. The minimum absolute atomic E-state index is 0.166. The number of para-hydroxylation sites is 2. The standard InChI is InChI=1S/C25H21BrN4O3S/c1-32-23-10-6-5-9-20(23)28-24(31)15-33-22-12-11-19(26)13-18(22)14-27-30-25-29-21(16-34-25)17-7-3-2-4-8-17/h2-14,16H,15H2,1H3,(H,28,31)(H,29,30). The van der Waals surface area contributed by atoms with Gasteiger partial charge in [-0.1, -0.05) is 58.4 Å². The van der Waals surface area contributed by atoms with Crippen molar-refractivity contribution >= 4 is 50.2 Å². The second kappa shape index (κ2) is 11.4. The Labute approximate surface area is 209 Å². The molecule has 0 aliphatic rings. The van der Waals surface area contributed by atoms with Gasteiger partial charge >= 0.3 is 0 Å². The van der Waals surface area contributed by atoms with E-state index in [9.17, 15) is 4.79 Å². The highest BCUT2D eigenvalue weighted by Crippen LogP contribution is 2.26. The summed E-state index contributed by atoms with van der Waals surface area (Å²) in [5, 5.41) is 9.73. The van der Waals surface area contributed by atoms with E-state index in [0.717, 1.165) is 15.7 Å². The number of hydrazone groups is 1. The van der Waals surface area contributed by atoms with Crippen LogP contribution >= 0.6 is 27.3 Å². The van der Waals surface area contributed by atoms with Crippen molar-refractivity contribution in [3.8, 4) is 22.8 Å². The van der Waals surface area contributed by atoms with Crippen LogP contribution in [0.25, 0.3) is 11.3 Å². The third-order valence-corrected chi connectivity index (χ3v) is 5.89. The third kappa shape index (κ3) is 6.21. The van der Waals surface area contributed by atoms with Gasteiger partial charge in [-0.15, -0.1) is 11.3 Å².